The van der Waals surface area contributed by atoms with Crippen LogP contribution >= 0.6 is 11.3 Å². The minimum Gasteiger partial charge on any atom is -0.348 e. The van der Waals surface area contributed by atoms with Gasteiger partial charge in [-0.25, -0.2) is 0 Å². The molecule has 0 saturated carbocycles. The molecule has 0 unspecified atom stereocenters. The molecule has 5 heteroatoms. The number of aromatic amines is 1. The minimum atomic E-state index is -0.259. The molecule has 1 atom stereocenters. The van der Waals surface area contributed by atoms with E-state index in [1.54, 1.807) is 29.5 Å². The predicted molar refractivity (Wildman–Crippen MR) is 89.5 cm³/mol. The van der Waals surface area contributed by atoms with E-state index in [2.05, 4.69) is 15.7 Å². The first-order valence-electron chi connectivity index (χ1n) is 7.07. The summed E-state index contributed by atoms with van der Waals surface area (Å²) in [5.41, 5.74) is 1.25. The average Bonchev–Trinajstić information content (AvgIpc) is 3.00. The summed E-state index contributed by atoms with van der Waals surface area (Å²) < 4.78 is 0. The van der Waals surface area contributed by atoms with Gasteiger partial charge in [-0.05, 0) is 53.3 Å². The lowest BCUT2D eigenvalue weighted by atomic mass is 10.1. The van der Waals surface area contributed by atoms with Crippen molar-refractivity contribution in [2.45, 2.75) is 19.4 Å². The van der Waals surface area contributed by atoms with Crippen LogP contribution in [0.15, 0.2) is 52.0 Å². The zero-order chi connectivity index (χ0) is 15.5. The van der Waals surface area contributed by atoms with Crippen LogP contribution in [0, 0.1) is 0 Å². The zero-order valence-electron chi connectivity index (χ0n) is 12.1. The van der Waals surface area contributed by atoms with Gasteiger partial charge in [0.25, 0.3) is 11.5 Å². The minimum absolute atomic E-state index is 0.00271. The van der Waals surface area contributed by atoms with Crippen molar-refractivity contribution < 1.29 is 4.79 Å². The SMILES string of the molecule is C[C@H](Cc1ccsc1)NC(=O)c1cc2ccccc2c(=O)[nH]1. The number of hydrogen-bond donors (Lipinski definition) is 2. The molecule has 112 valence electrons. The number of amides is 1. The molecule has 0 aliphatic rings. The molecule has 2 N–H and O–H groups in total. The highest BCUT2D eigenvalue weighted by Gasteiger charge is 2.12. The van der Waals surface area contributed by atoms with Gasteiger partial charge in [-0.2, -0.15) is 11.3 Å². The molecule has 0 aliphatic carbocycles. The summed E-state index contributed by atoms with van der Waals surface area (Å²) in [7, 11) is 0. The Balaban J connectivity index is 1.78. The fourth-order valence-corrected chi connectivity index (χ4v) is 3.13. The molecule has 2 heterocycles. The number of hydrogen-bond acceptors (Lipinski definition) is 3. The van der Waals surface area contributed by atoms with Gasteiger partial charge in [0.05, 0.1) is 0 Å². The molecule has 1 amide bonds. The van der Waals surface area contributed by atoms with Gasteiger partial charge in [0, 0.05) is 11.4 Å². The van der Waals surface area contributed by atoms with E-state index in [1.165, 1.54) is 5.56 Å². The molecule has 0 spiro atoms. The number of carbonyl (C=O) groups excluding carboxylic acids is 1. The molecular formula is C17H16N2O2S. The average molecular weight is 312 g/mol. The summed E-state index contributed by atoms with van der Waals surface area (Å²) >= 11 is 1.64. The van der Waals surface area contributed by atoms with Crippen LogP contribution in [-0.2, 0) is 6.42 Å². The lowest BCUT2D eigenvalue weighted by molar-refractivity contribution is 0.0935. The van der Waals surface area contributed by atoms with Gasteiger partial charge >= 0.3 is 0 Å². The highest BCUT2D eigenvalue weighted by molar-refractivity contribution is 7.07. The Kier molecular flexibility index (Phi) is 4.06. The highest BCUT2D eigenvalue weighted by Crippen LogP contribution is 2.11. The van der Waals surface area contributed by atoms with Crippen LogP contribution in [0.25, 0.3) is 10.8 Å². The summed E-state index contributed by atoms with van der Waals surface area (Å²) in [6, 6.07) is 11.0. The van der Waals surface area contributed by atoms with Crippen LogP contribution in [0.4, 0.5) is 0 Å². The van der Waals surface area contributed by atoms with E-state index in [-0.39, 0.29) is 17.5 Å². The van der Waals surface area contributed by atoms with Crippen LogP contribution in [-0.4, -0.2) is 16.9 Å². The van der Waals surface area contributed by atoms with Crippen LogP contribution in [0.3, 0.4) is 0 Å². The number of nitrogens with one attached hydrogen (secondary N) is 2. The Bertz CT molecular complexity index is 852. The van der Waals surface area contributed by atoms with E-state index in [0.29, 0.717) is 11.1 Å². The van der Waals surface area contributed by atoms with Gasteiger partial charge in [-0.3, -0.25) is 9.59 Å². The first kappa shape index (κ1) is 14.5. The number of rotatable bonds is 4. The summed E-state index contributed by atoms with van der Waals surface area (Å²) in [6.45, 7) is 1.95. The van der Waals surface area contributed by atoms with Crippen LogP contribution < -0.4 is 10.9 Å². The van der Waals surface area contributed by atoms with Crippen molar-refractivity contribution in [3.63, 3.8) is 0 Å². The molecule has 0 fully saturated rings. The highest BCUT2D eigenvalue weighted by atomic mass is 32.1. The molecule has 2 aromatic heterocycles. The Hall–Kier alpha value is -2.40. The Morgan fingerprint density at radius 1 is 1.32 bits per heavy atom. The third-order valence-electron chi connectivity index (χ3n) is 3.50. The maximum atomic E-state index is 12.3. The molecule has 0 bridgehead atoms. The molecule has 1 aromatic carbocycles. The molecule has 0 radical (unpaired) electrons. The van der Waals surface area contributed by atoms with Crippen molar-refractivity contribution in [2.24, 2.45) is 0 Å². The van der Waals surface area contributed by atoms with E-state index in [1.807, 2.05) is 30.5 Å². The maximum absolute atomic E-state index is 12.3. The van der Waals surface area contributed by atoms with Crippen molar-refractivity contribution in [3.05, 3.63) is 68.8 Å². The van der Waals surface area contributed by atoms with Crippen molar-refractivity contribution in [1.82, 2.24) is 10.3 Å². The van der Waals surface area contributed by atoms with Gasteiger partial charge in [0.2, 0.25) is 0 Å². The first-order valence-corrected chi connectivity index (χ1v) is 8.02. The lowest BCUT2D eigenvalue weighted by Gasteiger charge is -2.13. The molecule has 22 heavy (non-hydrogen) atoms. The Morgan fingerprint density at radius 2 is 2.14 bits per heavy atom. The second-order valence-corrected chi connectivity index (χ2v) is 6.09. The molecule has 3 rings (SSSR count). The maximum Gasteiger partial charge on any atom is 0.268 e. The monoisotopic (exact) mass is 312 g/mol. The zero-order valence-corrected chi connectivity index (χ0v) is 12.9. The number of H-pyrrole nitrogens is 1. The lowest BCUT2D eigenvalue weighted by Crippen LogP contribution is -2.35. The van der Waals surface area contributed by atoms with Gasteiger partial charge in [-0.1, -0.05) is 18.2 Å². The van der Waals surface area contributed by atoms with E-state index in [9.17, 15) is 9.59 Å². The summed E-state index contributed by atoms with van der Waals surface area (Å²) in [4.78, 5) is 27.0. The van der Waals surface area contributed by atoms with Crippen LogP contribution in [0.2, 0.25) is 0 Å². The fraction of sp³-hybridized carbons (Fsp3) is 0.176. The Labute approximate surface area is 131 Å². The number of benzene rings is 1. The largest absolute Gasteiger partial charge is 0.348 e. The summed E-state index contributed by atoms with van der Waals surface area (Å²) in [6.07, 6.45) is 0.771. The van der Waals surface area contributed by atoms with E-state index in [4.69, 9.17) is 0 Å². The third-order valence-corrected chi connectivity index (χ3v) is 4.23. The summed E-state index contributed by atoms with van der Waals surface area (Å²) in [5, 5.41) is 8.36. The second-order valence-electron chi connectivity index (χ2n) is 5.31. The molecule has 0 aliphatic heterocycles. The van der Waals surface area contributed by atoms with Gasteiger partial charge in [-0.15, -0.1) is 0 Å². The van der Waals surface area contributed by atoms with Gasteiger partial charge in [0.1, 0.15) is 5.69 Å². The molecule has 4 nitrogen and oxygen atoms in total. The fourth-order valence-electron chi connectivity index (χ4n) is 2.45. The number of carbonyl (C=O) groups is 1. The number of pyridine rings is 1. The Morgan fingerprint density at radius 3 is 2.91 bits per heavy atom. The quantitative estimate of drug-likeness (QED) is 0.778. The number of aromatic nitrogens is 1. The summed E-state index contributed by atoms with van der Waals surface area (Å²) in [5.74, 6) is -0.259. The first-order chi connectivity index (χ1) is 10.6. The molecule has 3 aromatic rings. The van der Waals surface area contributed by atoms with Crippen LogP contribution in [0.5, 0.6) is 0 Å². The van der Waals surface area contributed by atoms with Crippen LogP contribution in [0.1, 0.15) is 23.0 Å². The molecule has 0 saturated heterocycles. The van der Waals surface area contributed by atoms with Crippen molar-refractivity contribution in [2.75, 3.05) is 0 Å². The van der Waals surface area contributed by atoms with E-state index >= 15 is 0 Å². The predicted octanol–water partition coefficient (Wildman–Crippen LogP) is 2.95. The standard InChI is InChI=1S/C17H16N2O2S/c1-11(8-12-6-7-22-10-12)18-17(21)15-9-13-4-2-3-5-14(13)16(20)19-15/h2-7,9-11H,8H2,1H3,(H,18,21)(H,19,20)/t11-/m1/s1. The topological polar surface area (TPSA) is 62.0 Å². The number of thiophene rings is 1. The van der Waals surface area contributed by atoms with Gasteiger partial charge < -0.3 is 10.3 Å². The second kappa shape index (κ2) is 6.15. The van der Waals surface area contributed by atoms with Crippen molar-refractivity contribution in [3.8, 4) is 0 Å². The van der Waals surface area contributed by atoms with E-state index < -0.39 is 0 Å². The van der Waals surface area contributed by atoms with Crippen molar-refractivity contribution in [1.29, 1.82) is 0 Å². The van der Waals surface area contributed by atoms with Crippen molar-refractivity contribution >= 4 is 28.0 Å². The van der Waals surface area contributed by atoms with Gasteiger partial charge in [0.15, 0.2) is 0 Å². The molecular weight excluding hydrogens is 296 g/mol. The third kappa shape index (κ3) is 3.09. The number of fused-ring (bicyclic) bond motifs is 1. The van der Waals surface area contributed by atoms with E-state index in [0.717, 1.165) is 11.8 Å². The normalized spacial score (nSPS) is 12.2. The smallest absolute Gasteiger partial charge is 0.268 e.